The average Bonchev–Trinajstić information content (AvgIpc) is 2.43. The molecule has 0 saturated heterocycles. The van der Waals surface area contributed by atoms with Gasteiger partial charge in [-0.05, 0) is 19.1 Å². The number of esters is 1. The minimum Gasteiger partial charge on any atom is -0.481 e. The fourth-order valence-electron chi connectivity index (χ4n) is 1.63. The van der Waals surface area contributed by atoms with Crippen molar-refractivity contribution in [2.75, 3.05) is 25.1 Å². The third-order valence-corrected chi connectivity index (χ3v) is 2.79. The summed E-state index contributed by atoms with van der Waals surface area (Å²) in [7, 11) is 1.31. The lowest BCUT2D eigenvalue weighted by Gasteiger charge is -2.24. The molecule has 19 heavy (non-hydrogen) atoms. The predicted molar refractivity (Wildman–Crippen MR) is 70.3 cm³/mol. The summed E-state index contributed by atoms with van der Waals surface area (Å²) in [5.41, 5.74) is 0.397. The van der Waals surface area contributed by atoms with Crippen molar-refractivity contribution in [1.82, 2.24) is 4.98 Å². The van der Waals surface area contributed by atoms with E-state index in [4.69, 9.17) is 5.11 Å². The summed E-state index contributed by atoms with van der Waals surface area (Å²) < 4.78 is 4.64. The molecule has 104 valence electrons. The third kappa shape index (κ3) is 3.94. The van der Waals surface area contributed by atoms with Crippen LogP contribution in [0.4, 0.5) is 5.82 Å². The maximum Gasteiger partial charge on any atom is 0.338 e. The second-order valence-corrected chi connectivity index (χ2v) is 4.17. The quantitative estimate of drug-likeness (QED) is 0.784. The fraction of sp³-hybridized carbons (Fsp3) is 0.462. The summed E-state index contributed by atoms with van der Waals surface area (Å²) in [4.78, 5) is 28.3. The zero-order valence-corrected chi connectivity index (χ0v) is 11.3. The molecule has 1 N–H and O–H groups in total. The van der Waals surface area contributed by atoms with Crippen LogP contribution < -0.4 is 4.90 Å². The summed E-state index contributed by atoms with van der Waals surface area (Å²) in [5.74, 6) is -1.24. The van der Waals surface area contributed by atoms with E-state index >= 15 is 0 Å². The Hall–Kier alpha value is -2.11. The van der Waals surface area contributed by atoms with Crippen LogP contribution in [0, 0.1) is 5.92 Å². The van der Waals surface area contributed by atoms with Crippen molar-refractivity contribution in [3.8, 4) is 0 Å². The maximum atomic E-state index is 11.4. The molecule has 0 aliphatic heterocycles. The summed E-state index contributed by atoms with van der Waals surface area (Å²) >= 11 is 0. The number of rotatable bonds is 6. The highest BCUT2D eigenvalue weighted by Gasteiger charge is 2.17. The van der Waals surface area contributed by atoms with Crippen molar-refractivity contribution >= 4 is 17.8 Å². The van der Waals surface area contributed by atoms with Gasteiger partial charge in [0.1, 0.15) is 5.82 Å². The molecule has 1 aromatic heterocycles. The van der Waals surface area contributed by atoms with Crippen LogP contribution in [0.25, 0.3) is 0 Å². The smallest absolute Gasteiger partial charge is 0.338 e. The number of hydrogen-bond donors (Lipinski definition) is 1. The second-order valence-electron chi connectivity index (χ2n) is 4.17. The highest BCUT2D eigenvalue weighted by Crippen LogP contribution is 2.15. The van der Waals surface area contributed by atoms with Gasteiger partial charge in [0.25, 0.3) is 0 Å². The van der Waals surface area contributed by atoms with Gasteiger partial charge in [0, 0.05) is 19.3 Å². The number of ether oxygens (including phenoxy) is 1. The van der Waals surface area contributed by atoms with Crippen molar-refractivity contribution in [3.63, 3.8) is 0 Å². The molecule has 0 aromatic carbocycles. The van der Waals surface area contributed by atoms with E-state index in [1.807, 2.05) is 11.8 Å². The molecule has 0 aliphatic rings. The number of methoxy groups -OCH3 is 1. The third-order valence-electron chi connectivity index (χ3n) is 2.79. The van der Waals surface area contributed by atoms with Gasteiger partial charge < -0.3 is 14.7 Å². The first-order chi connectivity index (χ1) is 8.99. The van der Waals surface area contributed by atoms with E-state index in [0.29, 0.717) is 24.5 Å². The van der Waals surface area contributed by atoms with E-state index in [1.165, 1.54) is 13.3 Å². The Morgan fingerprint density at radius 2 is 2.21 bits per heavy atom. The molecule has 6 nitrogen and oxygen atoms in total. The number of carbonyl (C=O) groups excluding carboxylic acids is 1. The lowest BCUT2D eigenvalue weighted by Crippen LogP contribution is -2.32. The average molecular weight is 266 g/mol. The number of hydrogen-bond acceptors (Lipinski definition) is 5. The van der Waals surface area contributed by atoms with Gasteiger partial charge >= 0.3 is 11.9 Å². The van der Waals surface area contributed by atoms with Gasteiger partial charge in [-0.1, -0.05) is 6.92 Å². The van der Waals surface area contributed by atoms with E-state index in [-0.39, 0.29) is 0 Å². The molecule has 0 radical (unpaired) electrons. The Balaban J connectivity index is 2.92. The molecule has 0 fully saturated rings. The minimum absolute atomic E-state index is 0.337. The molecule has 0 spiro atoms. The highest BCUT2D eigenvalue weighted by atomic mass is 16.5. The molecule has 6 heteroatoms. The van der Waals surface area contributed by atoms with Crippen molar-refractivity contribution < 1.29 is 19.4 Å². The molecule has 1 heterocycles. The van der Waals surface area contributed by atoms with Crippen LogP contribution in [0.1, 0.15) is 24.2 Å². The van der Waals surface area contributed by atoms with E-state index in [1.54, 1.807) is 19.1 Å². The van der Waals surface area contributed by atoms with Crippen LogP contribution >= 0.6 is 0 Å². The number of anilines is 1. The normalized spacial score (nSPS) is 11.7. The first kappa shape index (κ1) is 14.9. The summed E-state index contributed by atoms with van der Waals surface area (Å²) in [6, 6.07) is 3.16. The van der Waals surface area contributed by atoms with Gasteiger partial charge in [-0.3, -0.25) is 4.79 Å². The first-order valence-corrected chi connectivity index (χ1v) is 6.01. The van der Waals surface area contributed by atoms with Gasteiger partial charge in [-0.25, -0.2) is 9.78 Å². The molecular weight excluding hydrogens is 248 g/mol. The summed E-state index contributed by atoms with van der Waals surface area (Å²) in [5, 5.41) is 8.93. The molecule has 1 atom stereocenters. The molecule has 0 bridgehead atoms. The van der Waals surface area contributed by atoms with E-state index in [0.717, 1.165) is 0 Å². The Labute approximate surface area is 112 Å². The molecule has 0 saturated carbocycles. The number of carboxylic acids is 1. The van der Waals surface area contributed by atoms with Crippen LogP contribution in [0.3, 0.4) is 0 Å². The highest BCUT2D eigenvalue weighted by molar-refractivity contribution is 5.90. The van der Waals surface area contributed by atoms with Crippen LogP contribution in [-0.2, 0) is 9.53 Å². The van der Waals surface area contributed by atoms with E-state index in [9.17, 15) is 9.59 Å². The lowest BCUT2D eigenvalue weighted by molar-refractivity contribution is -0.140. The molecule has 1 unspecified atom stereocenters. The van der Waals surface area contributed by atoms with Gasteiger partial charge in [-0.15, -0.1) is 0 Å². The largest absolute Gasteiger partial charge is 0.481 e. The van der Waals surface area contributed by atoms with Crippen LogP contribution in [0.2, 0.25) is 0 Å². The molecule has 1 rings (SSSR count). The fourth-order valence-corrected chi connectivity index (χ4v) is 1.63. The van der Waals surface area contributed by atoms with Gasteiger partial charge in [0.2, 0.25) is 0 Å². The number of carboxylic acid groups (broad SMARTS) is 1. The molecule has 1 aromatic rings. The number of pyridine rings is 1. The van der Waals surface area contributed by atoms with Gasteiger partial charge in [0.15, 0.2) is 0 Å². The molecule has 0 aliphatic carbocycles. The predicted octanol–water partition coefficient (Wildman–Crippen LogP) is 1.42. The van der Waals surface area contributed by atoms with Crippen molar-refractivity contribution in [3.05, 3.63) is 23.9 Å². The van der Waals surface area contributed by atoms with Crippen molar-refractivity contribution in [1.29, 1.82) is 0 Å². The number of nitrogens with zero attached hydrogens (tertiary/aromatic N) is 2. The number of carbonyl (C=O) groups is 2. The molecule has 0 amide bonds. The Morgan fingerprint density at radius 3 is 2.74 bits per heavy atom. The van der Waals surface area contributed by atoms with Crippen molar-refractivity contribution in [2.24, 2.45) is 5.92 Å². The zero-order chi connectivity index (χ0) is 14.4. The first-order valence-electron chi connectivity index (χ1n) is 6.01. The van der Waals surface area contributed by atoms with Gasteiger partial charge in [-0.2, -0.15) is 0 Å². The monoisotopic (exact) mass is 266 g/mol. The van der Waals surface area contributed by atoms with Gasteiger partial charge in [0.05, 0.1) is 18.6 Å². The zero-order valence-electron chi connectivity index (χ0n) is 11.3. The van der Waals surface area contributed by atoms with Crippen molar-refractivity contribution in [2.45, 2.75) is 13.8 Å². The topological polar surface area (TPSA) is 79.7 Å². The number of aliphatic carboxylic acids is 1. The maximum absolute atomic E-state index is 11.4. The SMILES string of the molecule is CCN(CC(C)C(=O)O)c1cc(C(=O)OC)ccn1. The molecular formula is C13H18N2O4. The minimum atomic E-state index is -0.859. The Morgan fingerprint density at radius 1 is 1.53 bits per heavy atom. The second kappa shape index (κ2) is 6.72. The van der Waals surface area contributed by atoms with Crippen LogP contribution in [0.15, 0.2) is 18.3 Å². The van der Waals surface area contributed by atoms with Crippen LogP contribution in [0.5, 0.6) is 0 Å². The number of aromatic nitrogens is 1. The summed E-state index contributed by atoms with van der Waals surface area (Å²) in [6.07, 6.45) is 1.51. The Kier molecular flexibility index (Phi) is 5.29. The standard InChI is InChI=1S/C13H18N2O4/c1-4-15(8-9(2)12(16)17)11-7-10(5-6-14-11)13(18)19-3/h5-7,9H,4,8H2,1-3H3,(H,16,17). The van der Waals surface area contributed by atoms with E-state index < -0.39 is 17.9 Å². The van der Waals surface area contributed by atoms with E-state index in [2.05, 4.69) is 9.72 Å². The van der Waals surface area contributed by atoms with Crippen LogP contribution in [-0.4, -0.2) is 42.2 Å². The summed E-state index contributed by atoms with van der Waals surface area (Å²) in [6.45, 7) is 4.48. The lowest BCUT2D eigenvalue weighted by atomic mass is 10.1. The Bertz CT molecular complexity index is 462.